The van der Waals surface area contributed by atoms with Crippen molar-refractivity contribution < 1.29 is 14.6 Å². The molecule has 1 heterocycles. The average molecular weight is 242 g/mol. The van der Waals surface area contributed by atoms with Gasteiger partial charge in [-0.3, -0.25) is 4.79 Å². The smallest absolute Gasteiger partial charge is 0.320 e. The van der Waals surface area contributed by atoms with E-state index in [1.54, 1.807) is 24.3 Å². The lowest BCUT2D eigenvalue weighted by Gasteiger charge is -2.12. The van der Waals surface area contributed by atoms with Crippen LogP contribution in [0.2, 0.25) is 5.02 Å². The van der Waals surface area contributed by atoms with Crippen molar-refractivity contribution in [2.45, 2.75) is 18.6 Å². The van der Waals surface area contributed by atoms with E-state index in [4.69, 9.17) is 21.4 Å². The molecule has 0 bridgehead atoms. The molecule has 2 N–H and O–H groups in total. The topological polar surface area (TPSA) is 58.6 Å². The fourth-order valence-corrected chi connectivity index (χ4v) is 1.89. The highest BCUT2D eigenvalue weighted by molar-refractivity contribution is 6.30. The molecule has 1 aromatic rings. The standard InChI is InChI=1S/C11H12ClNO3/c12-7-2-1-3-8(4-7)16-9-5-10(11(14)15)13-6-9/h1-4,9-10,13H,5-6H2,(H,14,15)/t9?,10-/m1/s1. The van der Waals surface area contributed by atoms with Gasteiger partial charge in [-0.25, -0.2) is 0 Å². The van der Waals surface area contributed by atoms with Gasteiger partial charge in [-0.15, -0.1) is 0 Å². The maximum absolute atomic E-state index is 10.7. The Morgan fingerprint density at radius 3 is 3.00 bits per heavy atom. The normalized spacial score (nSPS) is 24.3. The average Bonchev–Trinajstić information content (AvgIpc) is 2.66. The maximum Gasteiger partial charge on any atom is 0.320 e. The lowest BCUT2D eigenvalue weighted by Crippen LogP contribution is -2.30. The fraction of sp³-hybridized carbons (Fsp3) is 0.364. The molecule has 0 radical (unpaired) electrons. The Morgan fingerprint density at radius 1 is 1.56 bits per heavy atom. The molecule has 1 unspecified atom stereocenters. The van der Waals surface area contributed by atoms with Gasteiger partial charge >= 0.3 is 5.97 Å². The summed E-state index contributed by atoms with van der Waals surface area (Å²) < 4.78 is 5.63. The van der Waals surface area contributed by atoms with E-state index in [2.05, 4.69) is 5.32 Å². The summed E-state index contributed by atoms with van der Waals surface area (Å²) in [7, 11) is 0. The first-order valence-corrected chi connectivity index (χ1v) is 5.41. The third-order valence-corrected chi connectivity index (χ3v) is 2.72. The number of aliphatic carboxylic acids is 1. The van der Waals surface area contributed by atoms with Crippen LogP contribution in [-0.2, 0) is 4.79 Å². The summed E-state index contributed by atoms with van der Waals surface area (Å²) in [5, 5.41) is 12.3. The minimum absolute atomic E-state index is 0.112. The van der Waals surface area contributed by atoms with Crippen LogP contribution >= 0.6 is 11.6 Å². The SMILES string of the molecule is O=C(O)[C@H]1CC(Oc2cccc(Cl)c2)CN1. The lowest BCUT2D eigenvalue weighted by atomic mass is 10.2. The number of carboxylic acid groups (broad SMARTS) is 1. The zero-order valence-corrected chi connectivity index (χ0v) is 9.28. The predicted molar refractivity (Wildman–Crippen MR) is 59.9 cm³/mol. The molecule has 2 atom stereocenters. The van der Waals surface area contributed by atoms with Crippen molar-refractivity contribution in [3.05, 3.63) is 29.3 Å². The van der Waals surface area contributed by atoms with E-state index < -0.39 is 12.0 Å². The van der Waals surface area contributed by atoms with Crippen LogP contribution < -0.4 is 10.1 Å². The molecule has 1 saturated heterocycles. The molecule has 0 aromatic heterocycles. The zero-order chi connectivity index (χ0) is 11.5. The highest BCUT2D eigenvalue weighted by Gasteiger charge is 2.30. The van der Waals surface area contributed by atoms with Crippen molar-refractivity contribution in [1.82, 2.24) is 5.32 Å². The van der Waals surface area contributed by atoms with Crippen molar-refractivity contribution in [1.29, 1.82) is 0 Å². The Bertz CT molecular complexity index is 397. The van der Waals surface area contributed by atoms with Crippen LogP contribution in [0.15, 0.2) is 24.3 Å². The van der Waals surface area contributed by atoms with Gasteiger partial charge in [0.2, 0.25) is 0 Å². The van der Waals surface area contributed by atoms with E-state index in [-0.39, 0.29) is 6.10 Å². The Morgan fingerprint density at radius 2 is 2.38 bits per heavy atom. The van der Waals surface area contributed by atoms with Gasteiger partial charge in [0, 0.05) is 18.0 Å². The monoisotopic (exact) mass is 241 g/mol. The molecule has 1 aliphatic rings. The fourth-order valence-electron chi connectivity index (χ4n) is 1.71. The molecule has 1 fully saturated rings. The molecule has 4 nitrogen and oxygen atoms in total. The minimum atomic E-state index is -0.836. The van der Waals surface area contributed by atoms with Crippen molar-refractivity contribution in [2.75, 3.05) is 6.54 Å². The van der Waals surface area contributed by atoms with Crippen LogP contribution in [0.1, 0.15) is 6.42 Å². The molecule has 0 amide bonds. The second-order valence-electron chi connectivity index (χ2n) is 3.73. The van der Waals surface area contributed by atoms with E-state index in [9.17, 15) is 4.79 Å². The van der Waals surface area contributed by atoms with Crippen LogP contribution in [0.4, 0.5) is 0 Å². The molecule has 2 rings (SSSR count). The number of rotatable bonds is 3. The van der Waals surface area contributed by atoms with Gasteiger partial charge in [-0.2, -0.15) is 0 Å². The van der Waals surface area contributed by atoms with Gasteiger partial charge in [0.1, 0.15) is 17.9 Å². The molecular formula is C11H12ClNO3. The van der Waals surface area contributed by atoms with Crippen LogP contribution in [-0.4, -0.2) is 29.8 Å². The zero-order valence-electron chi connectivity index (χ0n) is 8.52. The summed E-state index contributed by atoms with van der Waals surface area (Å²) in [6, 6.07) is 6.58. The van der Waals surface area contributed by atoms with Crippen molar-refractivity contribution in [3.8, 4) is 5.75 Å². The minimum Gasteiger partial charge on any atom is -0.489 e. The van der Waals surface area contributed by atoms with Crippen molar-refractivity contribution in [3.63, 3.8) is 0 Å². The molecule has 0 spiro atoms. The molecule has 0 saturated carbocycles. The number of hydrogen-bond donors (Lipinski definition) is 2. The van der Waals surface area contributed by atoms with Gasteiger partial charge in [0.05, 0.1) is 0 Å². The molecule has 5 heteroatoms. The molecule has 0 aliphatic carbocycles. The summed E-state index contributed by atoms with van der Waals surface area (Å²) in [6.07, 6.45) is 0.363. The second-order valence-corrected chi connectivity index (χ2v) is 4.17. The number of nitrogens with one attached hydrogen (secondary N) is 1. The van der Waals surface area contributed by atoms with E-state index in [0.717, 1.165) is 0 Å². The van der Waals surface area contributed by atoms with E-state index in [1.165, 1.54) is 0 Å². The molecule has 16 heavy (non-hydrogen) atoms. The number of carboxylic acids is 1. The Labute approximate surface area is 98.2 Å². The summed E-state index contributed by atoms with van der Waals surface area (Å²) in [5.74, 6) is -0.164. The first-order valence-electron chi connectivity index (χ1n) is 5.03. The largest absolute Gasteiger partial charge is 0.489 e. The van der Waals surface area contributed by atoms with Crippen LogP contribution in [0.25, 0.3) is 0 Å². The Kier molecular flexibility index (Phi) is 3.31. The van der Waals surface area contributed by atoms with E-state index >= 15 is 0 Å². The van der Waals surface area contributed by atoms with Gasteiger partial charge in [-0.1, -0.05) is 17.7 Å². The molecule has 1 aliphatic heterocycles. The molecule has 86 valence electrons. The Hall–Kier alpha value is -1.26. The van der Waals surface area contributed by atoms with Crippen LogP contribution in [0.3, 0.4) is 0 Å². The maximum atomic E-state index is 10.7. The van der Waals surface area contributed by atoms with Gasteiger partial charge in [-0.05, 0) is 18.2 Å². The summed E-state index contributed by atoms with van der Waals surface area (Å²) in [5.41, 5.74) is 0. The predicted octanol–water partition coefficient (Wildman–Crippen LogP) is 1.53. The number of ether oxygens (including phenoxy) is 1. The number of halogens is 1. The summed E-state index contributed by atoms with van der Waals surface area (Å²) in [4.78, 5) is 10.7. The summed E-state index contributed by atoms with van der Waals surface area (Å²) in [6.45, 7) is 0.545. The van der Waals surface area contributed by atoms with E-state index in [1.807, 2.05) is 0 Å². The third kappa shape index (κ3) is 2.65. The van der Waals surface area contributed by atoms with Gasteiger partial charge < -0.3 is 15.2 Å². The Balaban J connectivity index is 1.94. The first-order chi connectivity index (χ1) is 7.65. The summed E-state index contributed by atoms with van der Waals surface area (Å²) >= 11 is 5.82. The molecule has 1 aromatic carbocycles. The highest BCUT2D eigenvalue weighted by atomic mass is 35.5. The van der Waals surface area contributed by atoms with Crippen molar-refractivity contribution in [2.24, 2.45) is 0 Å². The van der Waals surface area contributed by atoms with Crippen molar-refractivity contribution >= 4 is 17.6 Å². The number of carbonyl (C=O) groups is 1. The molecular weight excluding hydrogens is 230 g/mol. The lowest BCUT2D eigenvalue weighted by molar-refractivity contribution is -0.139. The second kappa shape index (κ2) is 4.72. The van der Waals surface area contributed by atoms with Gasteiger partial charge in [0.15, 0.2) is 0 Å². The third-order valence-electron chi connectivity index (χ3n) is 2.49. The van der Waals surface area contributed by atoms with Crippen LogP contribution in [0.5, 0.6) is 5.75 Å². The van der Waals surface area contributed by atoms with Crippen LogP contribution in [0, 0.1) is 0 Å². The van der Waals surface area contributed by atoms with E-state index in [0.29, 0.717) is 23.7 Å². The number of benzene rings is 1. The first kappa shape index (κ1) is 11.2. The highest BCUT2D eigenvalue weighted by Crippen LogP contribution is 2.21. The van der Waals surface area contributed by atoms with Gasteiger partial charge in [0.25, 0.3) is 0 Å². The quantitative estimate of drug-likeness (QED) is 0.843. The number of hydrogen-bond acceptors (Lipinski definition) is 3.